The Bertz CT molecular complexity index is 636. The monoisotopic (exact) mass is 424 g/mol. The smallest absolute Gasteiger partial charge is 0.746 e. The first-order chi connectivity index (χ1) is 12.9. The molecule has 0 saturated heterocycles. The molecule has 0 bridgehead atoms. The average molecular weight is 425 g/mol. The van der Waals surface area contributed by atoms with E-state index >= 15 is 0 Å². The van der Waals surface area contributed by atoms with Crippen LogP contribution in [0.15, 0.2) is 18.2 Å². The van der Waals surface area contributed by atoms with Crippen molar-refractivity contribution >= 4 is 10.1 Å². The van der Waals surface area contributed by atoms with E-state index in [1.54, 1.807) is 0 Å². The van der Waals surface area contributed by atoms with Gasteiger partial charge in [0.05, 0.1) is 13.7 Å². The van der Waals surface area contributed by atoms with E-state index in [9.17, 15) is 18.1 Å². The van der Waals surface area contributed by atoms with Crippen LogP contribution in [0, 0.1) is 0 Å². The number of benzene rings is 1. The molecule has 0 radical (unpaired) electrons. The Hall–Kier alpha value is -0.310. The van der Waals surface area contributed by atoms with Crippen LogP contribution in [0.25, 0.3) is 0 Å². The quantitative estimate of drug-likeness (QED) is 0.261. The van der Waals surface area contributed by atoms with Gasteiger partial charge in [0.15, 0.2) is 16.9 Å². The molecule has 0 spiro atoms. The summed E-state index contributed by atoms with van der Waals surface area (Å²) in [6.07, 6.45) is 12.4. The van der Waals surface area contributed by atoms with Crippen molar-refractivity contribution in [2.75, 3.05) is 13.7 Å². The van der Waals surface area contributed by atoms with Crippen LogP contribution >= 0.6 is 0 Å². The standard InChI is InChI=1S/C20H34O6S.Na/c1-3-4-5-6-7-8-9-10-11-12-15-26-18-14-13-17(16-19(18)25-2)20(21)27(22,23)24;/h13-14,16,20-21H,3-12,15H2,1-2H3,(H,22,23,24);/q;+1/p-1. The molecule has 1 aromatic carbocycles. The zero-order valence-electron chi connectivity index (χ0n) is 17.5. The Balaban J connectivity index is 0.00000729. The SMILES string of the molecule is CCCCCCCCCCCCOc1ccc(C(O)S(=O)(=O)[O-])cc1OC.[Na+]. The maximum Gasteiger partial charge on any atom is 1.00 e. The van der Waals surface area contributed by atoms with Gasteiger partial charge in [-0.1, -0.05) is 70.8 Å². The molecule has 156 valence electrons. The second-order valence-corrected chi connectivity index (χ2v) is 8.22. The van der Waals surface area contributed by atoms with E-state index < -0.39 is 15.6 Å². The minimum absolute atomic E-state index is 0. The zero-order valence-corrected chi connectivity index (χ0v) is 20.3. The van der Waals surface area contributed by atoms with Gasteiger partial charge in [0.2, 0.25) is 0 Å². The van der Waals surface area contributed by atoms with Crippen molar-refractivity contribution in [2.24, 2.45) is 0 Å². The Morgan fingerprint density at radius 2 is 1.50 bits per heavy atom. The maximum atomic E-state index is 10.9. The van der Waals surface area contributed by atoms with Crippen molar-refractivity contribution in [3.63, 3.8) is 0 Å². The van der Waals surface area contributed by atoms with Crippen LogP contribution in [0.4, 0.5) is 0 Å². The zero-order chi connectivity index (χ0) is 20.1. The molecular weight excluding hydrogens is 391 g/mol. The first kappa shape index (κ1) is 27.7. The Kier molecular flexibility index (Phi) is 15.3. The molecule has 0 heterocycles. The van der Waals surface area contributed by atoms with Gasteiger partial charge in [-0.25, -0.2) is 8.42 Å². The molecule has 1 atom stereocenters. The molecule has 1 aromatic rings. The summed E-state index contributed by atoms with van der Waals surface area (Å²) in [5.74, 6) is 0.759. The van der Waals surface area contributed by atoms with Crippen LogP contribution in [0.3, 0.4) is 0 Å². The van der Waals surface area contributed by atoms with Crippen LogP contribution in [0.2, 0.25) is 0 Å². The van der Waals surface area contributed by atoms with Gasteiger partial charge in [-0.15, -0.1) is 0 Å². The predicted molar refractivity (Wildman–Crippen MR) is 105 cm³/mol. The van der Waals surface area contributed by atoms with Crippen LogP contribution in [0.5, 0.6) is 11.5 Å². The number of methoxy groups -OCH3 is 1. The van der Waals surface area contributed by atoms with E-state index in [0.29, 0.717) is 18.1 Å². The van der Waals surface area contributed by atoms with Crippen molar-refractivity contribution < 1.29 is 57.1 Å². The molecule has 28 heavy (non-hydrogen) atoms. The molecule has 1 rings (SSSR count). The molecule has 1 N–H and O–H groups in total. The normalized spacial score (nSPS) is 12.3. The van der Waals surface area contributed by atoms with Gasteiger partial charge in [-0.2, -0.15) is 0 Å². The van der Waals surface area contributed by atoms with Crippen molar-refractivity contribution in [1.29, 1.82) is 0 Å². The number of hydrogen-bond acceptors (Lipinski definition) is 6. The third kappa shape index (κ3) is 11.0. The van der Waals surface area contributed by atoms with Gasteiger partial charge in [-0.3, -0.25) is 0 Å². The first-order valence-corrected chi connectivity index (χ1v) is 11.3. The number of aliphatic hydroxyl groups is 1. The van der Waals surface area contributed by atoms with Gasteiger partial charge >= 0.3 is 29.6 Å². The van der Waals surface area contributed by atoms with Crippen LogP contribution in [-0.4, -0.2) is 31.8 Å². The van der Waals surface area contributed by atoms with Crippen molar-refractivity contribution in [1.82, 2.24) is 0 Å². The molecule has 0 aromatic heterocycles. The largest absolute Gasteiger partial charge is 1.00 e. The fourth-order valence-electron chi connectivity index (χ4n) is 2.90. The van der Waals surface area contributed by atoms with Crippen LogP contribution < -0.4 is 39.0 Å². The third-order valence-electron chi connectivity index (χ3n) is 4.50. The molecule has 0 saturated carbocycles. The number of aliphatic hydroxyl groups excluding tert-OH is 1. The minimum atomic E-state index is -4.82. The van der Waals surface area contributed by atoms with E-state index in [1.165, 1.54) is 76.7 Å². The molecule has 0 amide bonds. The van der Waals surface area contributed by atoms with Crippen LogP contribution in [0.1, 0.15) is 82.1 Å². The summed E-state index contributed by atoms with van der Waals surface area (Å²) in [5.41, 5.74) is -2.14. The Morgan fingerprint density at radius 3 is 2.00 bits per heavy atom. The maximum absolute atomic E-state index is 10.9. The second kappa shape index (κ2) is 15.5. The predicted octanol–water partition coefficient (Wildman–Crippen LogP) is 1.53. The molecule has 0 fully saturated rings. The van der Waals surface area contributed by atoms with E-state index in [2.05, 4.69) is 6.92 Å². The van der Waals surface area contributed by atoms with Gasteiger partial charge in [0.25, 0.3) is 0 Å². The van der Waals surface area contributed by atoms with Gasteiger partial charge < -0.3 is 19.1 Å². The summed E-state index contributed by atoms with van der Waals surface area (Å²) in [6, 6.07) is 4.18. The summed E-state index contributed by atoms with van der Waals surface area (Å²) in [5, 5.41) is 9.55. The van der Waals surface area contributed by atoms with Gasteiger partial charge in [0, 0.05) is 0 Å². The minimum Gasteiger partial charge on any atom is -0.746 e. The van der Waals surface area contributed by atoms with Crippen LogP contribution in [-0.2, 0) is 10.1 Å². The summed E-state index contributed by atoms with van der Waals surface area (Å²) in [6.45, 7) is 2.76. The fraction of sp³-hybridized carbons (Fsp3) is 0.700. The van der Waals surface area contributed by atoms with E-state index in [-0.39, 0.29) is 35.1 Å². The number of ether oxygens (including phenoxy) is 2. The fourth-order valence-corrected chi connectivity index (χ4v) is 3.38. The van der Waals surface area contributed by atoms with Crippen molar-refractivity contribution in [2.45, 2.75) is 76.6 Å². The van der Waals surface area contributed by atoms with Gasteiger partial charge in [0.1, 0.15) is 10.1 Å². The molecular formula is C20H33NaO6S. The summed E-state index contributed by atoms with van der Waals surface area (Å²) in [4.78, 5) is 0. The summed E-state index contributed by atoms with van der Waals surface area (Å²) < 4.78 is 43.6. The summed E-state index contributed by atoms with van der Waals surface area (Å²) >= 11 is 0. The second-order valence-electron chi connectivity index (χ2n) is 6.79. The van der Waals surface area contributed by atoms with Crippen molar-refractivity contribution in [3.05, 3.63) is 23.8 Å². The molecule has 0 aliphatic heterocycles. The van der Waals surface area contributed by atoms with Crippen molar-refractivity contribution in [3.8, 4) is 11.5 Å². The van der Waals surface area contributed by atoms with E-state index in [1.807, 2.05) is 0 Å². The third-order valence-corrected chi connectivity index (χ3v) is 5.32. The average Bonchev–Trinajstić information content (AvgIpc) is 2.64. The molecule has 0 aliphatic carbocycles. The van der Waals surface area contributed by atoms with Gasteiger partial charge in [-0.05, 0) is 24.1 Å². The first-order valence-electron chi connectivity index (χ1n) is 9.83. The van der Waals surface area contributed by atoms with E-state index in [0.717, 1.165) is 12.8 Å². The molecule has 0 aliphatic rings. The number of unbranched alkanes of at least 4 members (excludes halogenated alkanes) is 9. The Morgan fingerprint density at radius 1 is 0.964 bits per heavy atom. The summed E-state index contributed by atoms with van der Waals surface area (Å²) in [7, 11) is -3.40. The Labute approximate surface area is 192 Å². The molecule has 1 unspecified atom stereocenters. The van der Waals surface area contributed by atoms with E-state index in [4.69, 9.17) is 9.47 Å². The molecule has 6 nitrogen and oxygen atoms in total. The topological polar surface area (TPSA) is 95.9 Å². The number of rotatable bonds is 15. The molecule has 8 heteroatoms. The number of hydrogen-bond donors (Lipinski definition) is 1.